The van der Waals surface area contributed by atoms with Gasteiger partial charge in [-0.25, -0.2) is 0 Å². The molecule has 2 amide bonds. The molecule has 0 fully saturated rings. The summed E-state index contributed by atoms with van der Waals surface area (Å²) in [7, 11) is 1.25. The first-order valence-electron chi connectivity index (χ1n) is 12.8. The van der Waals surface area contributed by atoms with Crippen LogP contribution in [0.5, 0.6) is 0 Å². The van der Waals surface area contributed by atoms with Crippen molar-refractivity contribution in [1.29, 1.82) is 0 Å². The maximum atomic E-state index is 12.3. The van der Waals surface area contributed by atoms with E-state index in [0.717, 1.165) is 32.1 Å². The Morgan fingerprint density at radius 3 is 1.72 bits per heavy atom. The van der Waals surface area contributed by atoms with Crippen LogP contribution >= 0.6 is 0 Å². The van der Waals surface area contributed by atoms with Gasteiger partial charge in [0.25, 0.3) is 0 Å². The lowest BCUT2D eigenvalue weighted by Gasteiger charge is -2.20. The topological polar surface area (TPSA) is 105 Å². The Kier molecular flexibility index (Phi) is 20.1. The van der Waals surface area contributed by atoms with E-state index in [4.69, 9.17) is 0 Å². The molecule has 2 atom stereocenters. The number of hydrogen-bond acceptors (Lipinski definition) is 5. The molecule has 3 N–H and O–H groups in total. The zero-order chi connectivity index (χ0) is 24.0. The van der Waals surface area contributed by atoms with Crippen molar-refractivity contribution < 1.29 is 24.2 Å². The molecule has 32 heavy (non-hydrogen) atoms. The molecule has 0 spiro atoms. The van der Waals surface area contributed by atoms with Gasteiger partial charge in [-0.05, 0) is 12.8 Å². The number of unbranched alkanes of at least 4 members (excludes halogenated alkanes) is 12. The molecule has 0 radical (unpaired) electrons. The van der Waals surface area contributed by atoms with Crippen LogP contribution in [0, 0.1) is 0 Å². The molecule has 0 bridgehead atoms. The minimum atomic E-state index is -1.12. The average molecular weight is 457 g/mol. The number of nitrogens with one attached hydrogen (secondary N) is 2. The number of carbonyl (C=O) groups is 3. The number of hydrogen-bond donors (Lipinski definition) is 3. The molecule has 7 nitrogen and oxygen atoms in total. The summed E-state index contributed by atoms with van der Waals surface area (Å²) in [5.74, 6) is -1.51. The molecule has 0 aromatic carbocycles. The Morgan fingerprint density at radius 1 is 0.719 bits per heavy atom. The molecule has 0 aromatic rings. The molecule has 188 valence electrons. The molecule has 0 aliphatic heterocycles. The summed E-state index contributed by atoms with van der Waals surface area (Å²) in [6.07, 6.45) is 16.1. The fourth-order valence-corrected chi connectivity index (χ4v) is 3.61. The standard InChI is InChI=1S/C25H48N2O5/c1-4-6-8-9-10-11-12-13-14-15-16-17-19-22(28)25(31)27-21(18-7-5-2)24(30)26-20-23(29)32-3/h21-22,28H,4-20H2,1-3H3,(H,26,30)(H,27,31). The van der Waals surface area contributed by atoms with Crippen molar-refractivity contribution in [3.63, 3.8) is 0 Å². The first-order chi connectivity index (χ1) is 15.5. The summed E-state index contributed by atoms with van der Waals surface area (Å²) in [4.78, 5) is 35.8. The molecule has 0 heterocycles. The van der Waals surface area contributed by atoms with Crippen molar-refractivity contribution in [3.05, 3.63) is 0 Å². The van der Waals surface area contributed by atoms with Gasteiger partial charge in [-0.1, -0.05) is 104 Å². The molecule has 0 aliphatic carbocycles. The molecular formula is C25H48N2O5. The summed E-state index contributed by atoms with van der Waals surface area (Å²) in [5.41, 5.74) is 0. The molecule has 7 heteroatoms. The highest BCUT2D eigenvalue weighted by molar-refractivity contribution is 5.90. The number of aliphatic hydroxyl groups is 1. The molecule has 0 saturated carbocycles. The van der Waals surface area contributed by atoms with E-state index in [-0.39, 0.29) is 6.54 Å². The largest absolute Gasteiger partial charge is 0.468 e. The van der Waals surface area contributed by atoms with E-state index in [1.54, 1.807) is 0 Å². The smallest absolute Gasteiger partial charge is 0.325 e. The summed E-state index contributed by atoms with van der Waals surface area (Å²) < 4.78 is 4.51. The lowest BCUT2D eigenvalue weighted by molar-refractivity contribution is -0.141. The van der Waals surface area contributed by atoms with E-state index in [1.165, 1.54) is 64.9 Å². The van der Waals surface area contributed by atoms with Gasteiger partial charge in [-0.15, -0.1) is 0 Å². The van der Waals surface area contributed by atoms with Crippen LogP contribution in [0.1, 0.15) is 117 Å². The zero-order valence-electron chi connectivity index (χ0n) is 20.8. The Hall–Kier alpha value is -1.63. The first-order valence-corrected chi connectivity index (χ1v) is 12.8. The third kappa shape index (κ3) is 17.0. The van der Waals surface area contributed by atoms with E-state index in [1.807, 2.05) is 6.92 Å². The van der Waals surface area contributed by atoms with Crippen LogP contribution < -0.4 is 10.6 Å². The highest BCUT2D eigenvalue weighted by atomic mass is 16.5. The number of methoxy groups -OCH3 is 1. The zero-order valence-corrected chi connectivity index (χ0v) is 20.8. The van der Waals surface area contributed by atoms with Crippen LogP contribution in [-0.4, -0.2) is 48.7 Å². The highest BCUT2D eigenvalue weighted by Gasteiger charge is 2.24. The van der Waals surface area contributed by atoms with Crippen molar-refractivity contribution in [1.82, 2.24) is 10.6 Å². The van der Waals surface area contributed by atoms with Gasteiger partial charge in [0, 0.05) is 0 Å². The maximum Gasteiger partial charge on any atom is 0.325 e. The second kappa shape index (κ2) is 21.2. The van der Waals surface area contributed by atoms with Crippen molar-refractivity contribution in [2.75, 3.05) is 13.7 Å². The summed E-state index contributed by atoms with van der Waals surface area (Å²) in [5, 5.41) is 15.3. The minimum Gasteiger partial charge on any atom is -0.468 e. The van der Waals surface area contributed by atoms with E-state index < -0.39 is 29.9 Å². The quantitative estimate of drug-likeness (QED) is 0.175. The van der Waals surface area contributed by atoms with Gasteiger partial charge < -0.3 is 20.5 Å². The van der Waals surface area contributed by atoms with Crippen LogP contribution in [0.25, 0.3) is 0 Å². The van der Waals surface area contributed by atoms with E-state index in [0.29, 0.717) is 12.8 Å². The monoisotopic (exact) mass is 456 g/mol. The predicted octanol–water partition coefficient (Wildman–Crippen LogP) is 4.40. The lowest BCUT2D eigenvalue weighted by Crippen LogP contribution is -2.50. The van der Waals surface area contributed by atoms with Gasteiger partial charge >= 0.3 is 5.97 Å². The molecule has 2 unspecified atom stereocenters. The summed E-state index contributed by atoms with van der Waals surface area (Å²) >= 11 is 0. The van der Waals surface area contributed by atoms with Crippen molar-refractivity contribution in [2.45, 2.75) is 129 Å². The Balaban J connectivity index is 3.99. The Bertz CT molecular complexity index is 499. The van der Waals surface area contributed by atoms with Crippen LogP contribution in [0.4, 0.5) is 0 Å². The number of amides is 2. The minimum absolute atomic E-state index is 0.241. The third-order valence-electron chi connectivity index (χ3n) is 5.75. The first kappa shape index (κ1) is 30.4. The summed E-state index contributed by atoms with van der Waals surface area (Å²) in [6, 6.07) is -0.760. The fourth-order valence-electron chi connectivity index (χ4n) is 3.61. The third-order valence-corrected chi connectivity index (χ3v) is 5.75. The second-order valence-corrected chi connectivity index (χ2v) is 8.69. The Morgan fingerprint density at radius 2 is 1.22 bits per heavy atom. The van der Waals surface area contributed by atoms with Crippen LogP contribution in [0.15, 0.2) is 0 Å². The van der Waals surface area contributed by atoms with Crippen LogP contribution in [-0.2, 0) is 19.1 Å². The summed E-state index contributed by atoms with van der Waals surface area (Å²) in [6.45, 7) is 3.99. The normalized spacial score (nSPS) is 12.8. The van der Waals surface area contributed by atoms with Gasteiger partial charge in [0.1, 0.15) is 18.7 Å². The van der Waals surface area contributed by atoms with E-state index >= 15 is 0 Å². The number of esters is 1. The van der Waals surface area contributed by atoms with E-state index in [2.05, 4.69) is 22.3 Å². The fraction of sp³-hybridized carbons (Fsp3) is 0.880. The van der Waals surface area contributed by atoms with Crippen LogP contribution in [0.2, 0.25) is 0 Å². The molecule has 0 aliphatic rings. The second-order valence-electron chi connectivity index (χ2n) is 8.69. The van der Waals surface area contributed by atoms with Gasteiger partial charge in [-0.3, -0.25) is 14.4 Å². The lowest BCUT2D eigenvalue weighted by atomic mass is 10.0. The molecular weight excluding hydrogens is 408 g/mol. The SMILES string of the molecule is CCCCCCCCCCCCCCC(O)C(=O)NC(CCCC)C(=O)NCC(=O)OC. The number of aliphatic hydroxyl groups excluding tert-OH is 1. The molecule has 0 aromatic heterocycles. The number of ether oxygens (including phenoxy) is 1. The van der Waals surface area contributed by atoms with Crippen molar-refractivity contribution in [3.8, 4) is 0 Å². The van der Waals surface area contributed by atoms with Gasteiger partial charge in [0.2, 0.25) is 11.8 Å². The Labute approximate surface area is 195 Å². The average Bonchev–Trinajstić information content (AvgIpc) is 2.80. The van der Waals surface area contributed by atoms with Crippen LogP contribution in [0.3, 0.4) is 0 Å². The van der Waals surface area contributed by atoms with Gasteiger partial charge in [-0.2, -0.15) is 0 Å². The number of rotatable bonds is 21. The maximum absolute atomic E-state index is 12.3. The predicted molar refractivity (Wildman–Crippen MR) is 128 cm³/mol. The number of carbonyl (C=O) groups excluding carboxylic acids is 3. The van der Waals surface area contributed by atoms with Gasteiger partial charge in [0.15, 0.2) is 0 Å². The van der Waals surface area contributed by atoms with Gasteiger partial charge in [0.05, 0.1) is 7.11 Å². The van der Waals surface area contributed by atoms with E-state index in [9.17, 15) is 19.5 Å². The molecule has 0 saturated heterocycles. The van der Waals surface area contributed by atoms with Crippen molar-refractivity contribution >= 4 is 17.8 Å². The highest BCUT2D eigenvalue weighted by Crippen LogP contribution is 2.13. The molecule has 0 rings (SSSR count). The van der Waals surface area contributed by atoms with Crippen molar-refractivity contribution in [2.24, 2.45) is 0 Å².